The van der Waals surface area contributed by atoms with Gasteiger partial charge >= 0.3 is 0 Å². The third-order valence-corrected chi connectivity index (χ3v) is 4.72. The van der Waals surface area contributed by atoms with Gasteiger partial charge in [0.2, 0.25) is 11.8 Å². The minimum absolute atomic E-state index is 0.0260. The summed E-state index contributed by atoms with van der Waals surface area (Å²) in [7, 11) is 0. The zero-order valence-corrected chi connectivity index (χ0v) is 13.8. The Morgan fingerprint density at radius 1 is 1.05 bits per heavy atom. The lowest BCUT2D eigenvalue weighted by atomic mass is 9.86. The van der Waals surface area contributed by atoms with Crippen LogP contribution in [0.1, 0.15) is 24.8 Å². The number of halogens is 1. The Morgan fingerprint density at radius 2 is 1.68 bits per heavy atom. The van der Waals surface area contributed by atoms with Gasteiger partial charge < -0.3 is 0 Å². The first-order valence-corrected chi connectivity index (χ1v) is 8.04. The smallest absolute Gasteiger partial charge is 0.237 e. The molecule has 0 spiro atoms. The number of hydrogen-bond acceptors (Lipinski definition) is 2. The standard InChI is InChI=1S/C18H16BrNO2/c1-12(13-5-3-2-4-6-13)16-11-17(21)20(18(16)22)15-9-7-14(19)8-10-15/h2-10,12,16H,11H2,1H3/t12-,16-/m1/s1. The molecule has 4 heteroatoms. The number of anilines is 1. The van der Waals surface area contributed by atoms with Crippen LogP contribution in [0.2, 0.25) is 0 Å². The van der Waals surface area contributed by atoms with Crippen LogP contribution in [0, 0.1) is 5.92 Å². The second kappa shape index (κ2) is 6.05. The number of hydrogen-bond donors (Lipinski definition) is 0. The molecule has 0 saturated carbocycles. The molecular formula is C18H16BrNO2. The van der Waals surface area contributed by atoms with Gasteiger partial charge in [-0.1, -0.05) is 53.2 Å². The number of rotatable bonds is 3. The van der Waals surface area contributed by atoms with E-state index in [1.165, 1.54) is 4.90 Å². The molecule has 0 N–H and O–H groups in total. The van der Waals surface area contributed by atoms with Gasteiger partial charge in [-0.2, -0.15) is 0 Å². The van der Waals surface area contributed by atoms with Crippen LogP contribution in [0.15, 0.2) is 59.1 Å². The van der Waals surface area contributed by atoms with Gasteiger partial charge in [0.05, 0.1) is 11.6 Å². The first-order chi connectivity index (χ1) is 10.6. The van der Waals surface area contributed by atoms with Gasteiger partial charge in [0.25, 0.3) is 0 Å². The molecule has 2 atom stereocenters. The molecule has 1 heterocycles. The highest BCUT2D eigenvalue weighted by Gasteiger charge is 2.42. The molecule has 1 aliphatic heterocycles. The Morgan fingerprint density at radius 3 is 2.32 bits per heavy atom. The van der Waals surface area contributed by atoms with Crippen LogP contribution < -0.4 is 4.90 Å². The molecule has 1 aliphatic rings. The molecule has 3 nitrogen and oxygen atoms in total. The molecule has 2 aromatic carbocycles. The number of benzene rings is 2. The van der Waals surface area contributed by atoms with Gasteiger partial charge in [-0.25, -0.2) is 0 Å². The highest BCUT2D eigenvalue weighted by atomic mass is 79.9. The monoisotopic (exact) mass is 357 g/mol. The first kappa shape index (κ1) is 15.0. The minimum atomic E-state index is -0.293. The van der Waals surface area contributed by atoms with E-state index in [1.54, 1.807) is 12.1 Å². The van der Waals surface area contributed by atoms with E-state index in [4.69, 9.17) is 0 Å². The molecular weight excluding hydrogens is 342 g/mol. The molecule has 1 saturated heterocycles. The summed E-state index contributed by atoms with van der Waals surface area (Å²) >= 11 is 3.36. The van der Waals surface area contributed by atoms with Gasteiger partial charge in [-0.05, 0) is 35.7 Å². The maximum atomic E-state index is 12.7. The van der Waals surface area contributed by atoms with Crippen molar-refractivity contribution in [3.8, 4) is 0 Å². The van der Waals surface area contributed by atoms with Crippen LogP contribution in [0.5, 0.6) is 0 Å². The third-order valence-electron chi connectivity index (χ3n) is 4.20. The topological polar surface area (TPSA) is 37.4 Å². The molecule has 0 aromatic heterocycles. The number of nitrogens with zero attached hydrogens (tertiary/aromatic N) is 1. The zero-order valence-electron chi connectivity index (χ0n) is 12.2. The summed E-state index contributed by atoms with van der Waals surface area (Å²) in [6, 6.07) is 17.1. The summed E-state index contributed by atoms with van der Waals surface area (Å²) in [6.45, 7) is 2.01. The van der Waals surface area contributed by atoms with Crippen LogP contribution >= 0.6 is 15.9 Å². The largest absolute Gasteiger partial charge is 0.274 e. The minimum Gasteiger partial charge on any atom is -0.274 e. The van der Waals surface area contributed by atoms with Gasteiger partial charge in [0.1, 0.15) is 0 Å². The second-order valence-electron chi connectivity index (χ2n) is 5.55. The summed E-state index contributed by atoms with van der Waals surface area (Å²) in [5.41, 5.74) is 1.73. The van der Waals surface area contributed by atoms with E-state index in [0.29, 0.717) is 5.69 Å². The summed E-state index contributed by atoms with van der Waals surface area (Å²) in [6.07, 6.45) is 0.269. The van der Waals surface area contributed by atoms with Gasteiger partial charge in [0.15, 0.2) is 0 Å². The molecule has 0 bridgehead atoms. The van der Waals surface area contributed by atoms with Gasteiger partial charge in [-0.3, -0.25) is 14.5 Å². The van der Waals surface area contributed by atoms with Crippen LogP contribution in [0.3, 0.4) is 0 Å². The predicted molar refractivity (Wildman–Crippen MR) is 89.6 cm³/mol. The summed E-state index contributed by atoms with van der Waals surface area (Å²) in [4.78, 5) is 26.3. The lowest BCUT2D eigenvalue weighted by Crippen LogP contribution is -2.31. The van der Waals surface area contributed by atoms with Crippen LogP contribution in [0.25, 0.3) is 0 Å². The molecule has 2 aromatic rings. The van der Waals surface area contributed by atoms with Crippen molar-refractivity contribution in [1.29, 1.82) is 0 Å². The summed E-state index contributed by atoms with van der Waals surface area (Å²) in [5.74, 6) is -0.500. The van der Waals surface area contributed by atoms with Gasteiger partial charge in [-0.15, -0.1) is 0 Å². The lowest BCUT2D eigenvalue weighted by Gasteiger charge is -2.19. The average molecular weight is 358 g/mol. The number of carbonyl (C=O) groups is 2. The van der Waals surface area contributed by atoms with E-state index in [-0.39, 0.29) is 30.1 Å². The van der Waals surface area contributed by atoms with Crippen molar-refractivity contribution >= 4 is 33.4 Å². The SMILES string of the molecule is C[C@H](c1ccccc1)[C@H]1CC(=O)N(c2ccc(Br)cc2)C1=O. The van der Waals surface area contributed by atoms with Gasteiger partial charge in [0, 0.05) is 10.9 Å². The normalized spacial score (nSPS) is 19.5. The predicted octanol–water partition coefficient (Wildman–Crippen LogP) is 4.13. The van der Waals surface area contributed by atoms with Crippen LogP contribution in [-0.2, 0) is 9.59 Å². The molecule has 112 valence electrons. The first-order valence-electron chi connectivity index (χ1n) is 7.25. The maximum Gasteiger partial charge on any atom is 0.237 e. The number of imide groups is 1. The average Bonchev–Trinajstić information content (AvgIpc) is 2.83. The summed E-state index contributed by atoms with van der Waals surface area (Å²) in [5, 5.41) is 0. The maximum absolute atomic E-state index is 12.7. The van der Waals surface area contributed by atoms with E-state index in [1.807, 2.05) is 49.4 Å². The molecule has 2 amide bonds. The van der Waals surface area contributed by atoms with E-state index in [0.717, 1.165) is 10.0 Å². The van der Waals surface area contributed by atoms with Crippen molar-refractivity contribution in [1.82, 2.24) is 0 Å². The Hall–Kier alpha value is -1.94. The van der Waals surface area contributed by atoms with Crippen molar-refractivity contribution in [3.05, 3.63) is 64.6 Å². The highest BCUT2D eigenvalue weighted by molar-refractivity contribution is 9.10. The van der Waals surface area contributed by atoms with Crippen molar-refractivity contribution in [2.24, 2.45) is 5.92 Å². The van der Waals surface area contributed by atoms with E-state index in [2.05, 4.69) is 15.9 Å². The molecule has 0 unspecified atom stereocenters. The van der Waals surface area contributed by atoms with E-state index < -0.39 is 0 Å². The molecule has 22 heavy (non-hydrogen) atoms. The zero-order chi connectivity index (χ0) is 15.7. The number of amides is 2. The Bertz CT molecular complexity index is 697. The Balaban J connectivity index is 1.87. The second-order valence-corrected chi connectivity index (χ2v) is 6.47. The molecule has 3 rings (SSSR count). The lowest BCUT2D eigenvalue weighted by molar-refractivity contribution is -0.122. The van der Waals surface area contributed by atoms with Crippen molar-refractivity contribution in [2.75, 3.05) is 4.90 Å². The van der Waals surface area contributed by atoms with E-state index >= 15 is 0 Å². The fourth-order valence-corrected chi connectivity index (χ4v) is 3.16. The fourth-order valence-electron chi connectivity index (χ4n) is 2.90. The van der Waals surface area contributed by atoms with Crippen LogP contribution in [-0.4, -0.2) is 11.8 Å². The quantitative estimate of drug-likeness (QED) is 0.774. The third kappa shape index (κ3) is 2.71. The summed E-state index contributed by atoms with van der Waals surface area (Å²) < 4.78 is 0.921. The van der Waals surface area contributed by atoms with Crippen molar-refractivity contribution in [2.45, 2.75) is 19.3 Å². The fraction of sp³-hybridized carbons (Fsp3) is 0.222. The number of carbonyl (C=O) groups excluding carboxylic acids is 2. The highest BCUT2D eigenvalue weighted by Crippen LogP contribution is 2.35. The molecule has 0 radical (unpaired) electrons. The van der Waals surface area contributed by atoms with E-state index in [9.17, 15) is 9.59 Å². The van der Waals surface area contributed by atoms with Crippen molar-refractivity contribution in [3.63, 3.8) is 0 Å². The Labute approximate surface area is 138 Å². The molecule has 0 aliphatic carbocycles. The molecule has 1 fully saturated rings. The van der Waals surface area contributed by atoms with Crippen molar-refractivity contribution < 1.29 is 9.59 Å². The Kier molecular flexibility index (Phi) is 4.12. The van der Waals surface area contributed by atoms with Crippen LogP contribution in [0.4, 0.5) is 5.69 Å².